The third-order valence-electron chi connectivity index (χ3n) is 4.14. The molecule has 0 aromatic carbocycles. The van der Waals surface area contributed by atoms with Crippen molar-refractivity contribution in [3.05, 3.63) is 27.0 Å². The van der Waals surface area contributed by atoms with Gasteiger partial charge >= 0.3 is 0 Å². The molecule has 1 fully saturated rings. The smallest absolute Gasteiger partial charge is 0.226 e. The molecule has 1 aliphatic rings. The van der Waals surface area contributed by atoms with Gasteiger partial charge in [-0.25, -0.2) is 4.98 Å². The van der Waals surface area contributed by atoms with Crippen molar-refractivity contribution in [1.82, 2.24) is 15.2 Å². The topological polar surface area (TPSA) is 54.5 Å². The lowest BCUT2D eigenvalue weighted by Crippen LogP contribution is -2.46. The molecule has 1 aliphatic heterocycles. The molecule has 2 atom stereocenters. The fraction of sp³-hybridized carbons (Fsp3) is 0.556. The standard InChI is InChI=1S/C18H24BrN3O2S2/c1-12-8-22(9-13(2)24-12)5-3-4-20-17(23)7-15-11-26-18(21-15)16-6-14(19)10-25-16/h6,10-13H,3-5,7-9H2,1-2H3,(H,20,23). The van der Waals surface area contributed by atoms with Crippen LogP contribution in [0.1, 0.15) is 26.0 Å². The molecule has 1 amide bonds. The van der Waals surface area contributed by atoms with E-state index < -0.39 is 0 Å². The van der Waals surface area contributed by atoms with Crippen LogP contribution in [0.15, 0.2) is 21.3 Å². The molecular weight excluding hydrogens is 434 g/mol. The molecule has 2 aromatic heterocycles. The Labute approximate surface area is 170 Å². The van der Waals surface area contributed by atoms with Crippen molar-refractivity contribution in [3.63, 3.8) is 0 Å². The maximum atomic E-state index is 12.1. The van der Waals surface area contributed by atoms with Gasteiger partial charge in [0, 0.05) is 41.4 Å². The number of thiophene rings is 1. The number of carbonyl (C=O) groups excluding carboxylic acids is 1. The van der Waals surface area contributed by atoms with Crippen LogP contribution in [0.5, 0.6) is 0 Å². The van der Waals surface area contributed by atoms with Gasteiger partial charge in [-0.2, -0.15) is 0 Å². The zero-order valence-corrected chi connectivity index (χ0v) is 18.3. The number of thiazole rings is 1. The zero-order chi connectivity index (χ0) is 18.5. The maximum absolute atomic E-state index is 12.1. The third kappa shape index (κ3) is 5.85. The van der Waals surface area contributed by atoms with Crippen molar-refractivity contribution in [1.29, 1.82) is 0 Å². The highest BCUT2D eigenvalue weighted by atomic mass is 79.9. The fourth-order valence-electron chi connectivity index (χ4n) is 3.15. The number of rotatable bonds is 7. The Morgan fingerprint density at radius 1 is 1.35 bits per heavy atom. The van der Waals surface area contributed by atoms with Crippen molar-refractivity contribution < 1.29 is 9.53 Å². The van der Waals surface area contributed by atoms with Gasteiger partial charge < -0.3 is 10.1 Å². The normalized spacial score (nSPS) is 21.0. The summed E-state index contributed by atoms with van der Waals surface area (Å²) in [5.74, 6) is 0.0397. The van der Waals surface area contributed by atoms with E-state index in [4.69, 9.17) is 4.74 Å². The fourth-order valence-corrected chi connectivity index (χ4v) is 5.48. The highest BCUT2D eigenvalue weighted by molar-refractivity contribution is 9.10. The molecule has 26 heavy (non-hydrogen) atoms. The third-order valence-corrected chi connectivity index (χ3v) is 6.89. The molecule has 3 heterocycles. The van der Waals surface area contributed by atoms with Crippen molar-refractivity contribution in [3.8, 4) is 9.88 Å². The van der Waals surface area contributed by atoms with E-state index in [-0.39, 0.29) is 18.1 Å². The van der Waals surface area contributed by atoms with Gasteiger partial charge in [0.25, 0.3) is 0 Å². The summed E-state index contributed by atoms with van der Waals surface area (Å²) in [6.07, 6.45) is 1.87. The van der Waals surface area contributed by atoms with Gasteiger partial charge in [0.05, 0.1) is 29.2 Å². The van der Waals surface area contributed by atoms with Crippen LogP contribution in [0.3, 0.4) is 0 Å². The Morgan fingerprint density at radius 3 is 2.81 bits per heavy atom. The number of hydrogen-bond donors (Lipinski definition) is 1. The quantitative estimate of drug-likeness (QED) is 0.642. The number of ether oxygens (including phenoxy) is 1. The summed E-state index contributed by atoms with van der Waals surface area (Å²) < 4.78 is 6.81. The Kier molecular flexibility index (Phi) is 7.22. The molecule has 2 unspecified atom stereocenters. The molecule has 142 valence electrons. The number of nitrogens with zero attached hydrogens (tertiary/aromatic N) is 2. The molecule has 1 N–H and O–H groups in total. The summed E-state index contributed by atoms with van der Waals surface area (Å²) in [6, 6.07) is 2.06. The van der Waals surface area contributed by atoms with Gasteiger partial charge in [-0.3, -0.25) is 9.69 Å². The number of nitrogens with one attached hydrogen (secondary N) is 1. The van der Waals surface area contributed by atoms with E-state index in [0.717, 1.165) is 46.1 Å². The average molecular weight is 458 g/mol. The molecule has 3 rings (SSSR count). The Hall–Kier alpha value is -0.800. The Bertz CT molecular complexity index is 724. The van der Waals surface area contributed by atoms with Gasteiger partial charge in [0.1, 0.15) is 5.01 Å². The van der Waals surface area contributed by atoms with E-state index in [9.17, 15) is 4.79 Å². The van der Waals surface area contributed by atoms with Gasteiger partial charge in [-0.15, -0.1) is 22.7 Å². The first-order chi connectivity index (χ1) is 12.5. The van der Waals surface area contributed by atoms with Crippen LogP contribution >= 0.6 is 38.6 Å². The molecule has 1 saturated heterocycles. The number of carbonyl (C=O) groups is 1. The summed E-state index contributed by atoms with van der Waals surface area (Å²) in [7, 11) is 0. The van der Waals surface area contributed by atoms with E-state index in [1.807, 2.05) is 10.8 Å². The van der Waals surface area contributed by atoms with E-state index in [1.165, 1.54) is 0 Å². The van der Waals surface area contributed by atoms with Crippen molar-refractivity contribution in [2.75, 3.05) is 26.2 Å². The molecule has 8 heteroatoms. The van der Waals surface area contributed by atoms with Crippen LogP contribution in [0.2, 0.25) is 0 Å². The lowest BCUT2D eigenvalue weighted by Gasteiger charge is -2.35. The minimum atomic E-state index is 0.0397. The highest BCUT2D eigenvalue weighted by Gasteiger charge is 2.21. The van der Waals surface area contributed by atoms with E-state index in [0.29, 0.717) is 13.0 Å². The van der Waals surface area contributed by atoms with Crippen molar-refractivity contribution in [2.45, 2.75) is 38.9 Å². The monoisotopic (exact) mass is 457 g/mol. The number of amides is 1. The maximum Gasteiger partial charge on any atom is 0.226 e. The molecule has 2 aromatic rings. The zero-order valence-electron chi connectivity index (χ0n) is 15.0. The van der Waals surface area contributed by atoms with Gasteiger partial charge in [0.2, 0.25) is 5.91 Å². The van der Waals surface area contributed by atoms with Crippen molar-refractivity contribution in [2.24, 2.45) is 0 Å². The van der Waals surface area contributed by atoms with Crippen LogP contribution in [-0.4, -0.2) is 54.2 Å². The summed E-state index contributed by atoms with van der Waals surface area (Å²) in [5.41, 5.74) is 0.836. The Balaban J connectivity index is 1.37. The minimum Gasteiger partial charge on any atom is -0.373 e. The van der Waals surface area contributed by atoms with Crippen LogP contribution in [-0.2, 0) is 16.0 Å². The SMILES string of the molecule is CC1CN(CCCNC(=O)Cc2csc(-c3cc(Br)cs3)n2)CC(C)O1. The molecule has 0 saturated carbocycles. The minimum absolute atomic E-state index is 0.0397. The summed E-state index contributed by atoms with van der Waals surface area (Å²) in [5, 5.41) is 7.99. The number of aromatic nitrogens is 1. The second kappa shape index (κ2) is 9.41. The molecule has 5 nitrogen and oxygen atoms in total. The van der Waals surface area contributed by atoms with Crippen LogP contribution in [0.25, 0.3) is 9.88 Å². The first-order valence-corrected chi connectivity index (χ1v) is 11.4. The van der Waals surface area contributed by atoms with E-state index in [1.54, 1.807) is 22.7 Å². The van der Waals surface area contributed by atoms with Gasteiger partial charge in [-0.05, 0) is 42.3 Å². The lowest BCUT2D eigenvalue weighted by molar-refractivity contribution is -0.120. The van der Waals surface area contributed by atoms with E-state index >= 15 is 0 Å². The largest absolute Gasteiger partial charge is 0.373 e. The molecule has 0 radical (unpaired) electrons. The summed E-state index contributed by atoms with van der Waals surface area (Å²) in [4.78, 5) is 20.3. The first-order valence-electron chi connectivity index (χ1n) is 8.83. The molecular formula is C18H24BrN3O2S2. The average Bonchev–Trinajstić information content (AvgIpc) is 3.19. The Morgan fingerprint density at radius 2 is 2.12 bits per heavy atom. The van der Waals surface area contributed by atoms with Crippen LogP contribution < -0.4 is 5.32 Å². The number of hydrogen-bond acceptors (Lipinski definition) is 6. The second-order valence-corrected chi connectivity index (χ2v) is 9.36. The van der Waals surface area contributed by atoms with Gasteiger partial charge in [0.15, 0.2) is 0 Å². The lowest BCUT2D eigenvalue weighted by atomic mass is 10.2. The first kappa shape index (κ1) is 19.9. The number of halogens is 1. The number of morpholine rings is 1. The molecule has 0 aliphatic carbocycles. The van der Waals surface area contributed by atoms with Crippen molar-refractivity contribution >= 4 is 44.5 Å². The predicted molar refractivity (Wildman–Crippen MR) is 111 cm³/mol. The predicted octanol–water partition coefficient (Wildman–Crippen LogP) is 3.79. The highest BCUT2D eigenvalue weighted by Crippen LogP contribution is 2.32. The summed E-state index contributed by atoms with van der Waals surface area (Å²) >= 11 is 6.70. The summed E-state index contributed by atoms with van der Waals surface area (Å²) in [6.45, 7) is 7.86. The molecule has 0 bridgehead atoms. The van der Waals surface area contributed by atoms with E-state index in [2.05, 4.69) is 51.0 Å². The second-order valence-electron chi connectivity index (χ2n) is 6.67. The van der Waals surface area contributed by atoms with Crippen LogP contribution in [0, 0.1) is 0 Å². The van der Waals surface area contributed by atoms with Gasteiger partial charge in [-0.1, -0.05) is 0 Å². The molecule has 0 spiro atoms. The van der Waals surface area contributed by atoms with Crippen LogP contribution in [0.4, 0.5) is 0 Å².